The van der Waals surface area contributed by atoms with Gasteiger partial charge in [0, 0.05) is 11.6 Å². The molecule has 0 unspecified atom stereocenters. The van der Waals surface area contributed by atoms with Crippen LogP contribution in [0.4, 0.5) is 4.79 Å². The van der Waals surface area contributed by atoms with E-state index in [0.29, 0.717) is 5.01 Å². The maximum atomic E-state index is 11.8. The molecule has 1 aliphatic rings. The van der Waals surface area contributed by atoms with E-state index in [0.717, 1.165) is 4.90 Å². The number of urea groups is 1. The summed E-state index contributed by atoms with van der Waals surface area (Å²) in [6.07, 6.45) is 1.31. The Morgan fingerprint density at radius 2 is 2.12 bits per heavy atom. The predicted octanol–water partition coefficient (Wildman–Crippen LogP) is 0.847. The molecule has 90 valence electrons. The van der Waals surface area contributed by atoms with Crippen LogP contribution in [0.2, 0.25) is 0 Å². The summed E-state index contributed by atoms with van der Waals surface area (Å²) in [6, 6.07) is -0.688. The van der Waals surface area contributed by atoms with Crippen molar-refractivity contribution >= 4 is 29.2 Å². The molecule has 1 aromatic heterocycles. The lowest BCUT2D eigenvalue weighted by Gasteiger charge is -2.37. The number of carbonyl (C=O) groups excluding carboxylic acids is 3. The number of nitrogens with one attached hydrogen (secondary N) is 1. The van der Waals surface area contributed by atoms with E-state index < -0.39 is 23.4 Å². The van der Waals surface area contributed by atoms with Crippen molar-refractivity contribution in [3.05, 3.63) is 16.6 Å². The van der Waals surface area contributed by atoms with Crippen LogP contribution in [0.5, 0.6) is 0 Å². The Balaban J connectivity index is 2.36. The third-order valence-electron chi connectivity index (χ3n) is 2.53. The first-order valence-electron chi connectivity index (χ1n) is 5.00. The van der Waals surface area contributed by atoms with Gasteiger partial charge in [-0.25, -0.2) is 9.78 Å². The second-order valence-corrected chi connectivity index (χ2v) is 5.05. The summed E-state index contributed by atoms with van der Waals surface area (Å²) in [6.45, 7) is 3.44. The Bertz CT molecular complexity index is 461. The highest BCUT2D eigenvalue weighted by molar-refractivity contribution is 7.09. The van der Waals surface area contributed by atoms with E-state index in [1.807, 2.05) is 0 Å². The summed E-state index contributed by atoms with van der Waals surface area (Å²) in [5, 5.41) is 4.55. The number of hydrogen-bond acceptors (Lipinski definition) is 5. The highest BCUT2D eigenvalue weighted by Gasteiger charge is 2.43. The molecule has 0 radical (unpaired) electrons. The molecule has 4 amide bonds. The molecule has 0 aromatic carbocycles. The fourth-order valence-electron chi connectivity index (χ4n) is 1.74. The second-order valence-electron chi connectivity index (χ2n) is 4.16. The van der Waals surface area contributed by atoms with E-state index >= 15 is 0 Å². The molecular formula is C10H11N3O3S. The van der Waals surface area contributed by atoms with Crippen LogP contribution in [0.25, 0.3) is 0 Å². The first-order chi connectivity index (χ1) is 7.93. The minimum absolute atomic E-state index is 0.305. The first kappa shape index (κ1) is 11.7. The number of hydrogen-bond donors (Lipinski definition) is 1. The molecule has 0 bridgehead atoms. The summed E-state index contributed by atoms with van der Waals surface area (Å²) in [5.74, 6) is -1.06. The molecular weight excluding hydrogens is 242 g/mol. The lowest BCUT2D eigenvalue weighted by atomic mass is 10.0. The summed E-state index contributed by atoms with van der Waals surface area (Å²) in [4.78, 5) is 39.7. The average molecular weight is 253 g/mol. The van der Waals surface area contributed by atoms with Crippen molar-refractivity contribution in [1.29, 1.82) is 0 Å². The fourth-order valence-corrected chi connectivity index (χ4v) is 2.49. The highest BCUT2D eigenvalue weighted by atomic mass is 32.1. The molecule has 0 saturated carbocycles. The van der Waals surface area contributed by atoms with Gasteiger partial charge in [-0.15, -0.1) is 11.3 Å². The van der Waals surface area contributed by atoms with Gasteiger partial charge in [0.05, 0.1) is 5.54 Å². The van der Waals surface area contributed by atoms with Crippen LogP contribution in [-0.4, -0.2) is 27.7 Å². The van der Waals surface area contributed by atoms with Crippen LogP contribution >= 0.6 is 11.3 Å². The third kappa shape index (κ3) is 1.93. The molecule has 7 heteroatoms. The normalized spacial score (nSPS) is 17.3. The van der Waals surface area contributed by atoms with Crippen molar-refractivity contribution in [1.82, 2.24) is 15.2 Å². The number of carbonyl (C=O) groups is 3. The number of imide groups is 2. The monoisotopic (exact) mass is 253 g/mol. The molecule has 1 aromatic rings. The SMILES string of the molecule is CC(C)(c1nccs1)N1C(=O)CC(=O)NC1=O. The Morgan fingerprint density at radius 1 is 1.41 bits per heavy atom. The highest BCUT2D eigenvalue weighted by Crippen LogP contribution is 2.30. The zero-order chi connectivity index (χ0) is 12.6. The molecule has 2 rings (SSSR count). The average Bonchev–Trinajstić information content (AvgIpc) is 2.67. The van der Waals surface area contributed by atoms with E-state index in [1.54, 1.807) is 25.4 Å². The second kappa shape index (κ2) is 3.92. The molecule has 2 heterocycles. The van der Waals surface area contributed by atoms with Gasteiger partial charge in [-0.1, -0.05) is 0 Å². The lowest BCUT2D eigenvalue weighted by Crippen LogP contribution is -2.59. The number of aromatic nitrogens is 1. The Labute approximate surface area is 102 Å². The van der Waals surface area contributed by atoms with Crippen LogP contribution < -0.4 is 5.32 Å². The number of thiazole rings is 1. The Hall–Kier alpha value is -1.76. The predicted molar refractivity (Wildman–Crippen MR) is 60.1 cm³/mol. The van der Waals surface area contributed by atoms with Crippen LogP contribution in [0.3, 0.4) is 0 Å². The lowest BCUT2D eigenvalue weighted by molar-refractivity contribution is -0.139. The zero-order valence-electron chi connectivity index (χ0n) is 9.39. The van der Waals surface area contributed by atoms with Gasteiger partial charge in [-0.05, 0) is 13.8 Å². The Morgan fingerprint density at radius 3 is 2.65 bits per heavy atom. The number of amides is 4. The van der Waals surface area contributed by atoms with E-state index in [-0.39, 0.29) is 6.42 Å². The largest absolute Gasteiger partial charge is 0.331 e. The molecule has 1 fully saturated rings. The van der Waals surface area contributed by atoms with Gasteiger partial charge in [-0.2, -0.15) is 0 Å². The molecule has 0 spiro atoms. The Kier molecular flexibility index (Phi) is 2.70. The van der Waals surface area contributed by atoms with Gasteiger partial charge in [-0.3, -0.25) is 19.8 Å². The quantitative estimate of drug-likeness (QED) is 0.792. The van der Waals surface area contributed by atoms with Gasteiger partial charge in [0.25, 0.3) is 0 Å². The first-order valence-corrected chi connectivity index (χ1v) is 5.87. The maximum absolute atomic E-state index is 11.8. The van der Waals surface area contributed by atoms with Crippen molar-refractivity contribution in [3.63, 3.8) is 0 Å². The van der Waals surface area contributed by atoms with Crippen LogP contribution in [0, 0.1) is 0 Å². The standard InChI is InChI=1S/C10H11N3O3S/c1-10(2,8-11-3-4-17-8)13-7(15)5-6(14)12-9(13)16/h3-4H,5H2,1-2H3,(H,12,14,16). The van der Waals surface area contributed by atoms with Crippen molar-refractivity contribution < 1.29 is 14.4 Å². The van der Waals surface area contributed by atoms with Gasteiger partial charge >= 0.3 is 6.03 Å². The minimum atomic E-state index is -0.851. The molecule has 1 saturated heterocycles. The summed E-state index contributed by atoms with van der Waals surface area (Å²) in [7, 11) is 0. The maximum Gasteiger partial charge on any atom is 0.331 e. The van der Waals surface area contributed by atoms with E-state index in [9.17, 15) is 14.4 Å². The number of rotatable bonds is 2. The smallest absolute Gasteiger partial charge is 0.277 e. The molecule has 17 heavy (non-hydrogen) atoms. The molecule has 1 aliphatic heterocycles. The summed E-state index contributed by atoms with van der Waals surface area (Å²) in [5.41, 5.74) is -0.851. The fraction of sp³-hybridized carbons (Fsp3) is 0.400. The topological polar surface area (TPSA) is 79.4 Å². The van der Waals surface area contributed by atoms with Crippen molar-refractivity contribution in [2.24, 2.45) is 0 Å². The van der Waals surface area contributed by atoms with Crippen LogP contribution in [0.1, 0.15) is 25.3 Å². The molecule has 0 aliphatic carbocycles. The van der Waals surface area contributed by atoms with E-state index in [4.69, 9.17) is 0 Å². The van der Waals surface area contributed by atoms with Crippen molar-refractivity contribution in [3.8, 4) is 0 Å². The summed E-state index contributed by atoms with van der Waals surface area (Å²) < 4.78 is 0. The van der Waals surface area contributed by atoms with Crippen molar-refractivity contribution in [2.45, 2.75) is 25.8 Å². The van der Waals surface area contributed by atoms with Crippen molar-refractivity contribution in [2.75, 3.05) is 0 Å². The minimum Gasteiger partial charge on any atom is -0.277 e. The zero-order valence-corrected chi connectivity index (χ0v) is 10.2. The van der Waals surface area contributed by atoms with Gasteiger partial charge < -0.3 is 0 Å². The summed E-state index contributed by atoms with van der Waals surface area (Å²) >= 11 is 1.36. The van der Waals surface area contributed by atoms with E-state index in [1.165, 1.54) is 11.3 Å². The van der Waals surface area contributed by atoms with Gasteiger partial charge in [0.1, 0.15) is 11.4 Å². The number of barbiturate groups is 1. The molecule has 0 atom stereocenters. The van der Waals surface area contributed by atoms with Gasteiger partial charge in [0.15, 0.2) is 0 Å². The number of nitrogens with zero attached hydrogens (tertiary/aromatic N) is 2. The van der Waals surface area contributed by atoms with Gasteiger partial charge in [0.2, 0.25) is 11.8 Å². The molecule has 1 N–H and O–H groups in total. The molecule has 6 nitrogen and oxygen atoms in total. The van der Waals surface area contributed by atoms with Crippen LogP contribution in [0.15, 0.2) is 11.6 Å². The van der Waals surface area contributed by atoms with Crippen LogP contribution in [-0.2, 0) is 15.1 Å². The third-order valence-corrected chi connectivity index (χ3v) is 3.61. The van der Waals surface area contributed by atoms with E-state index in [2.05, 4.69) is 10.3 Å².